The number of benzene rings is 1. The van der Waals surface area contributed by atoms with Crippen molar-refractivity contribution in [3.8, 4) is 5.75 Å². The predicted octanol–water partition coefficient (Wildman–Crippen LogP) is 3.63. The van der Waals surface area contributed by atoms with Crippen molar-refractivity contribution < 1.29 is 4.74 Å². The van der Waals surface area contributed by atoms with Gasteiger partial charge in [-0.3, -0.25) is 0 Å². The van der Waals surface area contributed by atoms with Gasteiger partial charge < -0.3 is 15.0 Å². The molecule has 1 aromatic carbocycles. The van der Waals surface area contributed by atoms with E-state index in [4.69, 9.17) is 4.74 Å². The summed E-state index contributed by atoms with van der Waals surface area (Å²) in [6, 6.07) is 15.1. The molecule has 0 spiro atoms. The quantitative estimate of drug-likeness (QED) is 0.880. The maximum absolute atomic E-state index is 5.69. The molecular weight excluding hydrogens is 298 g/mol. The average molecular weight is 325 g/mol. The summed E-state index contributed by atoms with van der Waals surface area (Å²) in [5.41, 5.74) is 1.30. The Labute approximate surface area is 144 Å². The second-order valence-electron chi connectivity index (χ2n) is 6.64. The Morgan fingerprint density at radius 1 is 1.12 bits per heavy atom. The summed E-state index contributed by atoms with van der Waals surface area (Å²) in [6.07, 6.45) is 4.40. The van der Waals surface area contributed by atoms with Crippen molar-refractivity contribution in [1.29, 1.82) is 0 Å². The lowest BCUT2D eigenvalue weighted by atomic mass is 10.0. The first-order valence-electron chi connectivity index (χ1n) is 8.85. The number of hydrogen-bond acceptors (Lipinski definition) is 4. The van der Waals surface area contributed by atoms with Crippen LogP contribution >= 0.6 is 0 Å². The van der Waals surface area contributed by atoms with Gasteiger partial charge in [-0.15, -0.1) is 0 Å². The third-order valence-electron chi connectivity index (χ3n) is 4.36. The second-order valence-corrected chi connectivity index (χ2v) is 6.64. The van der Waals surface area contributed by atoms with Crippen LogP contribution in [0.3, 0.4) is 0 Å². The fourth-order valence-corrected chi connectivity index (χ4v) is 3.07. The predicted molar refractivity (Wildman–Crippen MR) is 98.5 cm³/mol. The molecule has 1 fully saturated rings. The van der Waals surface area contributed by atoms with Crippen molar-refractivity contribution in [3.63, 3.8) is 0 Å². The van der Waals surface area contributed by atoms with Crippen molar-refractivity contribution >= 4 is 5.82 Å². The number of nitrogens with zero attached hydrogens (tertiary/aromatic N) is 2. The van der Waals surface area contributed by atoms with Gasteiger partial charge in [0.15, 0.2) is 0 Å². The van der Waals surface area contributed by atoms with Gasteiger partial charge in [0.05, 0.1) is 6.10 Å². The monoisotopic (exact) mass is 325 g/mol. The molecule has 128 valence electrons. The Balaban J connectivity index is 1.43. The lowest BCUT2D eigenvalue weighted by Crippen LogP contribution is -2.42. The van der Waals surface area contributed by atoms with Crippen LogP contribution in [-0.2, 0) is 6.54 Å². The van der Waals surface area contributed by atoms with Gasteiger partial charge in [0.25, 0.3) is 0 Å². The van der Waals surface area contributed by atoms with Crippen molar-refractivity contribution in [1.82, 2.24) is 10.3 Å². The van der Waals surface area contributed by atoms with E-state index in [2.05, 4.69) is 51.6 Å². The Morgan fingerprint density at radius 3 is 2.50 bits per heavy atom. The average Bonchev–Trinajstić information content (AvgIpc) is 2.62. The highest BCUT2D eigenvalue weighted by atomic mass is 16.5. The summed E-state index contributed by atoms with van der Waals surface area (Å²) in [7, 11) is 0. The van der Waals surface area contributed by atoms with Gasteiger partial charge in [-0.1, -0.05) is 18.2 Å². The van der Waals surface area contributed by atoms with Crippen molar-refractivity contribution in [2.24, 2.45) is 0 Å². The lowest BCUT2D eigenvalue weighted by Gasteiger charge is -2.33. The minimum atomic E-state index is 0.221. The van der Waals surface area contributed by atoms with Crippen LogP contribution in [0.4, 0.5) is 5.82 Å². The summed E-state index contributed by atoms with van der Waals surface area (Å²) in [5.74, 6) is 2.04. The highest BCUT2D eigenvalue weighted by molar-refractivity contribution is 5.38. The standard InChI is InChI=1S/C20H27N3O/c1-16(2)24-19-8-6-17(7-9-19)15-22-18-10-13-23(14-11-18)20-5-3-4-12-21-20/h3-9,12,16,18,22H,10-11,13-15H2,1-2H3. The molecule has 1 saturated heterocycles. The fourth-order valence-electron chi connectivity index (χ4n) is 3.07. The van der Waals surface area contributed by atoms with Gasteiger partial charge in [0.1, 0.15) is 11.6 Å². The van der Waals surface area contributed by atoms with Crippen LogP contribution in [0, 0.1) is 0 Å². The minimum absolute atomic E-state index is 0.221. The van der Waals surface area contributed by atoms with Crippen LogP contribution in [-0.4, -0.2) is 30.2 Å². The number of ether oxygens (including phenoxy) is 1. The summed E-state index contributed by atoms with van der Waals surface area (Å²) in [6.45, 7) is 7.14. The maximum atomic E-state index is 5.69. The molecule has 24 heavy (non-hydrogen) atoms. The number of anilines is 1. The highest BCUT2D eigenvalue weighted by Crippen LogP contribution is 2.18. The van der Waals surface area contributed by atoms with E-state index in [0.29, 0.717) is 6.04 Å². The van der Waals surface area contributed by atoms with Gasteiger partial charge in [0, 0.05) is 31.9 Å². The van der Waals surface area contributed by atoms with Crippen LogP contribution in [0.1, 0.15) is 32.3 Å². The largest absolute Gasteiger partial charge is 0.491 e. The molecule has 0 bridgehead atoms. The van der Waals surface area contributed by atoms with Gasteiger partial charge in [-0.2, -0.15) is 0 Å². The number of nitrogens with one attached hydrogen (secondary N) is 1. The summed E-state index contributed by atoms with van der Waals surface area (Å²) in [4.78, 5) is 6.81. The van der Waals surface area contributed by atoms with Crippen LogP contribution in [0.25, 0.3) is 0 Å². The first-order valence-corrected chi connectivity index (χ1v) is 8.85. The molecule has 2 heterocycles. The van der Waals surface area contributed by atoms with Gasteiger partial charge in [-0.25, -0.2) is 4.98 Å². The third-order valence-corrected chi connectivity index (χ3v) is 4.36. The van der Waals surface area contributed by atoms with E-state index >= 15 is 0 Å². The molecule has 0 aliphatic carbocycles. The van der Waals surface area contributed by atoms with E-state index < -0.39 is 0 Å². The smallest absolute Gasteiger partial charge is 0.128 e. The molecule has 4 heteroatoms. The first-order chi connectivity index (χ1) is 11.7. The molecule has 0 saturated carbocycles. The second kappa shape index (κ2) is 8.15. The molecule has 1 aliphatic heterocycles. The summed E-state index contributed by atoms with van der Waals surface area (Å²) < 4.78 is 5.69. The Morgan fingerprint density at radius 2 is 1.88 bits per heavy atom. The van der Waals surface area contributed by atoms with Crippen LogP contribution in [0.5, 0.6) is 5.75 Å². The zero-order valence-corrected chi connectivity index (χ0v) is 14.6. The Bertz CT molecular complexity index is 605. The SMILES string of the molecule is CC(C)Oc1ccc(CNC2CCN(c3ccccn3)CC2)cc1. The van der Waals surface area contributed by atoms with Gasteiger partial charge in [-0.05, 0) is 56.5 Å². The summed E-state index contributed by atoms with van der Waals surface area (Å²) in [5, 5.41) is 3.68. The highest BCUT2D eigenvalue weighted by Gasteiger charge is 2.19. The molecule has 1 N–H and O–H groups in total. The van der Waals surface area contributed by atoms with Crippen LogP contribution in [0.15, 0.2) is 48.7 Å². The summed E-state index contributed by atoms with van der Waals surface area (Å²) >= 11 is 0. The van der Waals surface area contributed by atoms with E-state index in [-0.39, 0.29) is 6.10 Å². The normalized spacial score (nSPS) is 15.7. The zero-order chi connectivity index (χ0) is 16.8. The van der Waals surface area contributed by atoms with Crippen LogP contribution in [0.2, 0.25) is 0 Å². The van der Waals surface area contributed by atoms with Crippen LogP contribution < -0.4 is 15.0 Å². The maximum Gasteiger partial charge on any atom is 0.128 e. The van der Waals surface area contributed by atoms with E-state index in [9.17, 15) is 0 Å². The molecule has 4 nitrogen and oxygen atoms in total. The zero-order valence-electron chi connectivity index (χ0n) is 14.6. The van der Waals surface area contributed by atoms with Gasteiger partial charge in [0.2, 0.25) is 0 Å². The number of rotatable bonds is 6. The lowest BCUT2D eigenvalue weighted by molar-refractivity contribution is 0.242. The Hall–Kier alpha value is -2.07. The molecule has 2 aromatic rings. The number of aromatic nitrogens is 1. The molecule has 3 rings (SSSR count). The molecule has 1 aliphatic rings. The number of pyridine rings is 1. The first kappa shape index (κ1) is 16.8. The molecule has 0 unspecified atom stereocenters. The fraction of sp³-hybridized carbons (Fsp3) is 0.450. The number of hydrogen-bond donors (Lipinski definition) is 1. The van der Waals surface area contributed by atoms with Crippen molar-refractivity contribution in [3.05, 3.63) is 54.2 Å². The molecule has 0 amide bonds. The van der Waals surface area contributed by atoms with Crippen molar-refractivity contribution in [2.75, 3.05) is 18.0 Å². The third kappa shape index (κ3) is 4.71. The Kier molecular flexibility index (Phi) is 5.70. The molecular formula is C20H27N3O. The van der Waals surface area contributed by atoms with Crippen molar-refractivity contribution in [2.45, 2.75) is 45.4 Å². The van der Waals surface area contributed by atoms with E-state index in [0.717, 1.165) is 44.0 Å². The van der Waals surface area contributed by atoms with E-state index in [1.165, 1.54) is 5.56 Å². The molecule has 0 atom stereocenters. The topological polar surface area (TPSA) is 37.4 Å². The van der Waals surface area contributed by atoms with E-state index in [1.54, 1.807) is 0 Å². The molecule has 0 radical (unpaired) electrons. The minimum Gasteiger partial charge on any atom is -0.491 e. The molecule has 1 aromatic heterocycles. The number of piperidine rings is 1. The van der Waals surface area contributed by atoms with E-state index in [1.807, 2.05) is 26.1 Å². The van der Waals surface area contributed by atoms with Gasteiger partial charge >= 0.3 is 0 Å².